The lowest BCUT2D eigenvalue weighted by atomic mass is 9.49. The van der Waals surface area contributed by atoms with E-state index in [1.807, 2.05) is 10.9 Å². The second-order valence-corrected chi connectivity index (χ2v) is 11.4. The molecule has 0 amide bonds. The fourth-order valence-electron chi connectivity index (χ4n) is 8.71. The van der Waals surface area contributed by atoms with E-state index >= 15 is 0 Å². The molecule has 5 rings (SSSR count). The SMILES string of the molecule is CC1CCC2C(CCC3C2CCC2(C)C(CCCn4cc(C#N)cn4)CCC32)C1. The first-order valence-corrected chi connectivity index (χ1v) is 12.5. The highest BCUT2D eigenvalue weighted by molar-refractivity contribution is 5.21. The van der Waals surface area contributed by atoms with E-state index in [1.54, 1.807) is 6.20 Å². The van der Waals surface area contributed by atoms with Gasteiger partial charge in [0.05, 0.1) is 11.8 Å². The van der Waals surface area contributed by atoms with Crippen LogP contribution in [0.25, 0.3) is 0 Å². The van der Waals surface area contributed by atoms with Crippen LogP contribution in [0, 0.1) is 58.2 Å². The Bertz CT molecular complexity index is 760. The quantitative estimate of drug-likeness (QED) is 0.590. The van der Waals surface area contributed by atoms with Crippen LogP contribution in [-0.2, 0) is 6.54 Å². The second kappa shape index (κ2) is 7.75. The van der Waals surface area contributed by atoms with E-state index in [9.17, 15) is 0 Å². The highest BCUT2D eigenvalue weighted by atomic mass is 15.3. The summed E-state index contributed by atoms with van der Waals surface area (Å²) in [5.74, 6) is 7.13. The summed E-state index contributed by atoms with van der Waals surface area (Å²) in [4.78, 5) is 0. The lowest BCUT2D eigenvalue weighted by Gasteiger charge is -2.56. The average Bonchev–Trinajstić information content (AvgIpc) is 3.32. The highest BCUT2D eigenvalue weighted by Gasteiger charge is 2.56. The van der Waals surface area contributed by atoms with Crippen molar-refractivity contribution in [2.45, 2.75) is 91.0 Å². The molecule has 0 spiro atoms. The molecular weight excluding hydrogens is 354 g/mol. The molecule has 4 aliphatic carbocycles. The Hall–Kier alpha value is -1.30. The van der Waals surface area contributed by atoms with Crippen molar-refractivity contribution >= 4 is 0 Å². The van der Waals surface area contributed by atoms with Crippen molar-refractivity contribution in [1.29, 1.82) is 5.26 Å². The molecule has 158 valence electrons. The standard InChI is InChI=1S/C26H39N3/c1-18-5-8-22-20(14-18)6-9-24-23(22)11-12-26(2)21(7-10-25(24)26)4-3-13-29-17-19(15-27)16-28-29/h16-18,20-25H,3-14H2,1-2H3. The Morgan fingerprint density at radius 1 is 1.10 bits per heavy atom. The molecule has 3 nitrogen and oxygen atoms in total. The van der Waals surface area contributed by atoms with E-state index in [2.05, 4.69) is 25.0 Å². The molecule has 8 atom stereocenters. The summed E-state index contributed by atoms with van der Waals surface area (Å²) < 4.78 is 1.97. The van der Waals surface area contributed by atoms with E-state index in [0.29, 0.717) is 11.0 Å². The third-order valence-electron chi connectivity index (χ3n) is 10.1. The van der Waals surface area contributed by atoms with E-state index in [4.69, 9.17) is 5.26 Å². The van der Waals surface area contributed by atoms with Crippen LogP contribution < -0.4 is 0 Å². The normalized spacial score (nSPS) is 43.8. The number of aromatic nitrogens is 2. The Kier molecular flexibility index (Phi) is 5.25. The summed E-state index contributed by atoms with van der Waals surface area (Å²) in [7, 11) is 0. The average molecular weight is 394 g/mol. The number of aryl methyl sites for hydroxylation is 1. The van der Waals surface area contributed by atoms with Crippen molar-refractivity contribution in [3.8, 4) is 6.07 Å². The van der Waals surface area contributed by atoms with Gasteiger partial charge in [-0.25, -0.2) is 0 Å². The maximum atomic E-state index is 8.99. The van der Waals surface area contributed by atoms with Gasteiger partial charge in [-0.2, -0.15) is 10.4 Å². The van der Waals surface area contributed by atoms with Crippen molar-refractivity contribution in [2.24, 2.45) is 46.8 Å². The topological polar surface area (TPSA) is 41.6 Å². The summed E-state index contributed by atoms with van der Waals surface area (Å²) in [5, 5.41) is 13.3. The first kappa shape index (κ1) is 19.7. The summed E-state index contributed by atoms with van der Waals surface area (Å²) in [5.41, 5.74) is 1.28. The molecule has 0 bridgehead atoms. The number of fused-ring (bicyclic) bond motifs is 5. The van der Waals surface area contributed by atoms with Crippen LogP contribution in [0.3, 0.4) is 0 Å². The molecule has 1 aromatic rings. The number of rotatable bonds is 4. The maximum Gasteiger partial charge on any atom is 0.102 e. The highest BCUT2D eigenvalue weighted by Crippen LogP contribution is 2.65. The Morgan fingerprint density at radius 3 is 2.79 bits per heavy atom. The molecule has 0 saturated heterocycles. The van der Waals surface area contributed by atoms with Gasteiger partial charge in [0.1, 0.15) is 6.07 Å². The molecule has 1 aromatic heterocycles. The smallest absolute Gasteiger partial charge is 0.102 e. The van der Waals surface area contributed by atoms with Crippen molar-refractivity contribution in [2.75, 3.05) is 0 Å². The molecule has 0 aliphatic heterocycles. The van der Waals surface area contributed by atoms with Crippen LogP contribution in [0.15, 0.2) is 12.4 Å². The number of hydrogen-bond donors (Lipinski definition) is 0. The van der Waals surface area contributed by atoms with Gasteiger partial charge in [-0.15, -0.1) is 0 Å². The Labute approximate surface area is 177 Å². The zero-order valence-corrected chi connectivity index (χ0v) is 18.5. The van der Waals surface area contributed by atoms with E-state index in [0.717, 1.165) is 48.0 Å². The molecule has 29 heavy (non-hydrogen) atoms. The van der Waals surface area contributed by atoms with Gasteiger partial charge < -0.3 is 0 Å². The van der Waals surface area contributed by atoms with E-state index < -0.39 is 0 Å². The molecule has 4 fully saturated rings. The number of nitrogens with zero attached hydrogens (tertiary/aromatic N) is 3. The van der Waals surface area contributed by atoms with Gasteiger partial charge in [-0.05, 0) is 111 Å². The van der Waals surface area contributed by atoms with Crippen molar-refractivity contribution in [1.82, 2.24) is 9.78 Å². The van der Waals surface area contributed by atoms with Crippen LogP contribution in [-0.4, -0.2) is 9.78 Å². The largest absolute Gasteiger partial charge is 0.271 e. The van der Waals surface area contributed by atoms with Crippen molar-refractivity contribution < 1.29 is 0 Å². The Balaban J connectivity index is 1.21. The molecule has 4 saturated carbocycles. The summed E-state index contributed by atoms with van der Waals surface area (Å²) in [6, 6.07) is 2.19. The number of nitriles is 1. The lowest BCUT2D eigenvalue weighted by molar-refractivity contribution is -0.0680. The monoisotopic (exact) mass is 393 g/mol. The molecule has 3 heteroatoms. The molecular formula is C26H39N3. The minimum absolute atomic E-state index is 0.595. The third-order valence-corrected chi connectivity index (χ3v) is 10.1. The first-order chi connectivity index (χ1) is 14.1. The zero-order chi connectivity index (χ0) is 20.0. The van der Waals surface area contributed by atoms with Crippen molar-refractivity contribution in [3.05, 3.63) is 18.0 Å². The van der Waals surface area contributed by atoms with E-state index in [-0.39, 0.29) is 0 Å². The van der Waals surface area contributed by atoms with Crippen molar-refractivity contribution in [3.63, 3.8) is 0 Å². The van der Waals surface area contributed by atoms with Gasteiger partial charge in [0.15, 0.2) is 0 Å². The maximum absolute atomic E-state index is 8.99. The fraction of sp³-hybridized carbons (Fsp3) is 0.846. The van der Waals surface area contributed by atoms with Crippen LogP contribution >= 0.6 is 0 Å². The van der Waals surface area contributed by atoms with Crippen LogP contribution in [0.1, 0.15) is 90.0 Å². The molecule has 0 aromatic carbocycles. The number of hydrogen-bond acceptors (Lipinski definition) is 2. The molecule has 8 unspecified atom stereocenters. The summed E-state index contributed by atoms with van der Waals surface area (Å²) in [6.45, 7) is 6.13. The van der Waals surface area contributed by atoms with Crippen LogP contribution in [0.2, 0.25) is 0 Å². The lowest BCUT2D eigenvalue weighted by Crippen LogP contribution is -2.48. The predicted octanol–water partition coefficient (Wildman–Crippen LogP) is 6.44. The van der Waals surface area contributed by atoms with E-state index in [1.165, 1.54) is 70.6 Å². The zero-order valence-electron chi connectivity index (χ0n) is 18.5. The Morgan fingerprint density at radius 2 is 1.97 bits per heavy atom. The van der Waals surface area contributed by atoms with Crippen LogP contribution in [0.4, 0.5) is 0 Å². The van der Waals surface area contributed by atoms with Gasteiger partial charge in [-0.3, -0.25) is 4.68 Å². The molecule has 4 aliphatic rings. The second-order valence-electron chi connectivity index (χ2n) is 11.4. The minimum atomic E-state index is 0.595. The summed E-state index contributed by atoms with van der Waals surface area (Å²) >= 11 is 0. The minimum Gasteiger partial charge on any atom is -0.271 e. The first-order valence-electron chi connectivity index (χ1n) is 12.5. The molecule has 0 radical (unpaired) electrons. The molecule has 1 heterocycles. The van der Waals surface area contributed by atoms with Gasteiger partial charge in [0, 0.05) is 12.7 Å². The van der Waals surface area contributed by atoms with Gasteiger partial charge in [0.25, 0.3) is 0 Å². The fourth-order valence-corrected chi connectivity index (χ4v) is 8.71. The molecule has 0 N–H and O–H groups in total. The summed E-state index contributed by atoms with van der Waals surface area (Å²) in [6.07, 6.45) is 19.7. The van der Waals surface area contributed by atoms with Gasteiger partial charge >= 0.3 is 0 Å². The van der Waals surface area contributed by atoms with Gasteiger partial charge in [-0.1, -0.05) is 20.3 Å². The third kappa shape index (κ3) is 3.45. The predicted molar refractivity (Wildman–Crippen MR) is 116 cm³/mol. The van der Waals surface area contributed by atoms with Gasteiger partial charge in [0.2, 0.25) is 0 Å². The van der Waals surface area contributed by atoms with Crippen LogP contribution in [0.5, 0.6) is 0 Å².